The van der Waals surface area contributed by atoms with Crippen molar-refractivity contribution in [1.29, 1.82) is 0 Å². The minimum Gasteiger partial charge on any atom is -0.407 e. The molecule has 31 heavy (non-hydrogen) atoms. The highest BCUT2D eigenvalue weighted by molar-refractivity contribution is 7.89. The molecule has 8 nitrogen and oxygen atoms in total. The first-order valence-corrected chi connectivity index (χ1v) is 12.5. The number of halogens is 1. The van der Waals surface area contributed by atoms with E-state index < -0.39 is 15.9 Å². The smallest absolute Gasteiger partial charge is 0.322 e. The van der Waals surface area contributed by atoms with E-state index >= 15 is 0 Å². The molecular formula is C20H21ClN4O4S2. The Balaban J connectivity index is 1.40. The Kier molecular flexibility index (Phi) is 6.71. The molecule has 0 atom stereocenters. The van der Waals surface area contributed by atoms with Gasteiger partial charge in [0.1, 0.15) is 0 Å². The molecule has 3 aromatic rings. The molecule has 0 aliphatic carbocycles. The van der Waals surface area contributed by atoms with E-state index in [-0.39, 0.29) is 10.9 Å². The molecule has 0 saturated carbocycles. The summed E-state index contributed by atoms with van der Waals surface area (Å²) in [5.74, 6) is -0.110. The second-order valence-corrected chi connectivity index (χ2v) is 10.9. The van der Waals surface area contributed by atoms with Gasteiger partial charge >= 0.3 is 6.01 Å². The van der Waals surface area contributed by atoms with Crippen molar-refractivity contribution in [3.63, 3.8) is 0 Å². The highest BCUT2D eigenvalue weighted by Crippen LogP contribution is 2.24. The van der Waals surface area contributed by atoms with Crippen LogP contribution in [0.1, 0.15) is 46.8 Å². The highest BCUT2D eigenvalue weighted by Gasteiger charge is 2.25. The molecule has 1 fully saturated rings. The lowest BCUT2D eigenvalue weighted by molar-refractivity contribution is 0.102. The van der Waals surface area contributed by atoms with Crippen molar-refractivity contribution in [2.24, 2.45) is 0 Å². The molecule has 1 saturated heterocycles. The summed E-state index contributed by atoms with van der Waals surface area (Å²) < 4.78 is 33.4. The van der Waals surface area contributed by atoms with E-state index in [1.165, 1.54) is 39.9 Å². The number of nitrogens with one attached hydrogen (secondary N) is 1. The van der Waals surface area contributed by atoms with Crippen molar-refractivity contribution in [2.75, 3.05) is 18.4 Å². The predicted molar refractivity (Wildman–Crippen MR) is 118 cm³/mol. The van der Waals surface area contributed by atoms with Crippen LogP contribution in [0.25, 0.3) is 0 Å². The van der Waals surface area contributed by atoms with Crippen molar-refractivity contribution in [2.45, 2.75) is 37.0 Å². The van der Waals surface area contributed by atoms with E-state index in [9.17, 15) is 13.2 Å². The van der Waals surface area contributed by atoms with E-state index in [1.807, 2.05) is 6.07 Å². The van der Waals surface area contributed by atoms with Gasteiger partial charge in [-0.1, -0.05) is 29.5 Å². The lowest BCUT2D eigenvalue weighted by atomic mass is 10.2. The average Bonchev–Trinajstić information content (AvgIpc) is 3.26. The number of aromatic nitrogens is 2. The number of benzene rings is 1. The average molecular weight is 481 g/mol. The Morgan fingerprint density at radius 2 is 1.77 bits per heavy atom. The van der Waals surface area contributed by atoms with E-state index in [0.717, 1.165) is 30.6 Å². The van der Waals surface area contributed by atoms with Crippen LogP contribution in [0.4, 0.5) is 6.01 Å². The Bertz CT molecular complexity index is 1150. The molecule has 0 unspecified atom stereocenters. The van der Waals surface area contributed by atoms with E-state index in [0.29, 0.717) is 35.3 Å². The number of thiophene rings is 1. The minimum atomic E-state index is -3.56. The van der Waals surface area contributed by atoms with Crippen molar-refractivity contribution in [3.05, 3.63) is 57.1 Å². The summed E-state index contributed by atoms with van der Waals surface area (Å²) in [5.41, 5.74) is 0.291. The second kappa shape index (κ2) is 9.47. The number of anilines is 1. The Labute approximate surface area is 189 Å². The SMILES string of the molecule is O=C(Nc1nnc(Cc2ccc(Cl)s2)o1)c1ccc(S(=O)(=O)N2CCCCCC2)cc1. The van der Waals surface area contributed by atoms with Gasteiger partial charge in [-0.05, 0) is 49.2 Å². The Hall–Kier alpha value is -2.27. The van der Waals surface area contributed by atoms with Crippen LogP contribution in [-0.2, 0) is 16.4 Å². The standard InChI is InChI=1S/C20H21ClN4O4S2/c21-17-10-7-15(30-17)13-18-23-24-20(29-18)22-19(26)14-5-8-16(9-6-14)31(27,28)25-11-3-1-2-4-12-25/h5-10H,1-4,11-13H2,(H,22,24,26). The highest BCUT2D eigenvalue weighted by atomic mass is 35.5. The summed E-state index contributed by atoms with van der Waals surface area (Å²) in [6.45, 7) is 1.06. The molecule has 1 aromatic carbocycles. The normalized spacial score (nSPS) is 15.5. The molecule has 1 N–H and O–H groups in total. The number of carbonyl (C=O) groups excluding carboxylic acids is 1. The van der Waals surface area contributed by atoms with E-state index in [4.69, 9.17) is 16.0 Å². The van der Waals surface area contributed by atoms with E-state index in [1.54, 1.807) is 6.07 Å². The molecule has 164 valence electrons. The van der Waals surface area contributed by atoms with Crippen LogP contribution in [0.5, 0.6) is 0 Å². The first-order valence-electron chi connectivity index (χ1n) is 9.90. The van der Waals surface area contributed by atoms with Gasteiger partial charge in [-0.2, -0.15) is 4.31 Å². The van der Waals surface area contributed by atoms with E-state index in [2.05, 4.69) is 15.5 Å². The zero-order valence-corrected chi connectivity index (χ0v) is 19.0. The summed E-state index contributed by atoms with van der Waals surface area (Å²) in [6.07, 6.45) is 4.24. The van der Waals surface area contributed by atoms with Gasteiger partial charge in [-0.25, -0.2) is 8.42 Å². The topological polar surface area (TPSA) is 105 Å². The predicted octanol–water partition coefficient (Wildman–Crippen LogP) is 4.19. The zero-order chi connectivity index (χ0) is 21.8. The van der Waals surface area contributed by atoms with Crippen LogP contribution in [0.3, 0.4) is 0 Å². The number of sulfonamides is 1. The number of hydrogen-bond donors (Lipinski definition) is 1. The van der Waals surface area contributed by atoms with Crippen molar-refractivity contribution < 1.29 is 17.6 Å². The van der Waals surface area contributed by atoms with Gasteiger partial charge < -0.3 is 4.42 Å². The number of amides is 1. The van der Waals surface area contributed by atoms with Crippen LogP contribution >= 0.6 is 22.9 Å². The molecule has 2 aromatic heterocycles. The van der Waals surface area contributed by atoms with Crippen molar-refractivity contribution in [1.82, 2.24) is 14.5 Å². The Morgan fingerprint density at radius 3 is 2.42 bits per heavy atom. The molecule has 3 heterocycles. The van der Waals surface area contributed by atoms with Crippen LogP contribution < -0.4 is 5.32 Å². The van der Waals surface area contributed by atoms with Crippen LogP contribution in [0, 0.1) is 0 Å². The van der Waals surface area contributed by atoms with Gasteiger partial charge in [-0.15, -0.1) is 16.4 Å². The van der Waals surface area contributed by atoms with Crippen LogP contribution in [0.2, 0.25) is 4.34 Å². The minimum absolute atomic E-state index is 0.0242. The molecule has 1 aliphatic rings. The number of rotatable bonds is 6. The molecule has 1 aliphatic heterocycles. The Morgan fingerprint density at radius 1 is 1.06 bits per heavy atom. The van der Waals surface area contributed by atoms with Gasteiger partial charge in [0.05, 0.1) is 15.7 Å². The fourth-order valence-electron chi connectivity index (χ4n) is 3.35. The summed E-state index contributed by atoms with van der Waals surface area (Å²) in [5, 5.41) is 10.3. The third-order valence-corrected chi connectivity index (χ3v) is 8.10. The van der Waals surface area contributed by atoms with Crippen molar-refractivity contribution in [3.8, 4) is 0 Å². The summed E-state index contributed by atoms with van der Waals surface area (Å²) >= 11 is 7.33. The fourth-order valence-corrected chi connectivity index (χ4v) is 5.95. The van der Waals surface area contributed by atoms with Gasteiger partial charge in [0.2, 0.25) is 15.9 Å². The first kappa shape index (κ1) is 21.9. The summed E-state index contributed by atoms with van der Waals surface area (Å²) in [4.78, 5) is 13.6. The van der Waals surface area contributed by atoms with Crippen LogP contribution in [0.15, 0.2) is 45.7 Å². The maximum atomic E-state index is 12.9. The number of hydrogen-bond acceptors (Lipinski definition) is 7. The lowest BCUT2D eigenvalue weighted by Crippen LogP contribution is -2.31. The number of carbonyl (C=O) groups is 1. The van der Waals surface area contributed by atoms with Gasteiger partial charge in [0.15, 0.2) is 0 Å². The van der Waals surface area contributed by atoms with Gasteiger partial charge in [0, 0.05) is 23.5 Å². The lowest BCUT2D eigenvalue weighted by Gasteiger charge is -2.19. The third-order valence-electron chi connectivity index (χ3n) is 4.96. The zero-order valence-electron chi connectivity index (χ0n) is 16.6. The molecule has 0 radical (unpaired) electrons. The molecular weight excluding hydrogens is 460 g/mol. The first-order chi connectivity index (χ1) is 14.9. The molecule has 0 bridgehead atoms. The third kappa shape index (κ3) is 5.32. The number of nitrogens with zero attached hydrogens (tertiary/aromatic N) is 3. The van der Waals surface area contributed by atoms with Gasteiger partial charge in [0.25, 0.3) is 5.91 Å². The molecule has 0 spiro atoms. The van der Waals surface area contributed by atoms with Crippen molar-refractivity contribution >= 4 is 44.9 Å². The quantitative estimate of drug-likeness (QED) is 0.567. The van der Waals surface area contributed by atoms with Gasteiger partial charge in [-0.3, -0.25) is 10.1 Å². The largest absolute Gasteiger partial charge is 0.407 e. The molecule has 11 heteroatoms. The molecule has 1 amide bonds. The summed E-state index contributed by atoms with van der Waals surface area (Å²) in [6, 6.07) is 9.50. The summed E-state index contributed by atoms with van der Waals surface area (Å²) in [7, 11) is -3.56. The van der Waals surface area contributed by atoms with Crippen LogP contribution in [-0.4, -0.2) is 41.9 Å². The monoisotopic (exact) mass is 480 g/mol. The maximum Gasteiger partial charge on any atom is 0.322 e. The maximum absolute atomic E-state index is 12.9. The molecule has 4 rings (SSSR count). The second-order valence-electron chi connectivity index (χ2n) is 7.18. The fraction of sp³-hybridized carbons (Fsp3) is 0.350.